The van der Waals surface area contributed by atoms with Crippen LogP contribution in [0.5, 0.6) is 0 Å². The minimum atomic E-state index is -0.718. The van der Waals surface area contributed by atoms with Gasteiger partial charge in [-0.3, -0.25) is 4.68 Å². The van der Waals surface area contributed by atoms with Gasteiger partial charge >= 0.3 is 13.2 Å². The van der Waals surface area contributed by atoms with E-state index in [0.29, 0.717) is 6.61 Å². The average molecular weight is 323 g/mol. The molecule has 23 heavy (non-hydrogen) atoms. The highest BCUT2D eigenvalue weighted by molar-refractivity contribution is 6.61. The number of aryl methyl sites for hydroxylation is 1. The van der Waals surface area contributed by atoms with E-state index in [1.54, 1.807) is 6.20 Å². The lowest BCUT2D eigenvalue weighted by molar-refractivity contribution is 0.00578. The van der Waals surface area contributed by atoms with E-state index in [0.717, 1.165) is 31.3 Å². The third-order valence-corrected chi connectivity index (χ3v) is 4.45. The van der Waals surface area contributed by atoms with Crippen LogP contribution in [0, 0.1) is 0 Å². The van der Waals surface area contributed by atoms with E-state index in [4.69, 9.17) is 15.0 Å². The lowest BCUT2D eigenvalue weighted by Crippen LogP contribution is -2.41. The van der Waals surface area contributed by atoms with Crippen molar-refractivity contribution in [2.45, 2.75) is 64.7 Å². The number of nitrogens with zero attached hydrogens (tertiary/aromatic N) is 2. The molecule has 0 saturated carbocycles. The summed E-state index contributed by atoms with van der Waals surface area (Å²) in [7, 11) is -0.377. The molecule has 1 aromatic heterocycles. The number of primary amides is 1. The van der Waals surface area contributed by atoms with Gasteiger partial charge in [0.05, 0.1) is 17.8 Å². The number of hydrogen-bond acceptors (Lipinski definition) is 5. The van der Waals surface area contributed by atoms with Crippen LogP contribution < -0.4 is 11.2 Å². The van der Waals surface area contributed by atoms with Crippen molar-refractivity contribution in [3.63, 3.8) is 0 Å². The van der Waals surface area contributed by atoms with Crippen LogP contribution in [0.2, 0.25) is 0 Å². The summed E-state index contributed by atoms with van der Waals surface area (Å²) in [6, 6.07) is 0. The Kier molecular flexibility index (Phi) is 5.36. The Morgan fingerprint density at radius 2 is 1.91 bits per heavy atom. The fourth-order valence-corrected chi connectivity index (χ4v) is 2.33. The molecule has 0 atom stereocenters. The first kappa shape index (κ1) is 17.8. The first-order valence-electron chi connectivity index (χ1n) is 8.01. The zero-order valence-corrected chi connectivity index (χ0v) is 14.4. The molecule has 0 radical (unpaired) electrons. The first-order chi connectivity index (χ1) is 10.7. The van der Waals surface area contributed by atoms with Crippen LogP contribution in [-0.4, -0.2) is 40.8 Å². The Labute approximate surface area is 137 Å². The van der Waals surface area contributed by atoms with Crippen molar-refractivity contribution in [2.24, 2.45) is 5.73 Å². The summed E-state index contributed by atoms with van der Waals surface area (Å²) in [5, 5.41) is 4.35. The van der Waals surface area contributed by atoms with Crippen molar-refractivity contribution in [2.75, 3.05) is 6.61 Å². The number of carbonyl (C=O) groups is 1. The van der Waals surface area contributed by atoms with Gasteiger partial charge in [-0.1, -0.05) is 0 Å². The topological polar surface area (TPSA) is 88.6 Å². The van der Waals surface area contributed by atoms with E-state index in [9.17, 15) is 4.79 Å². The quantitative estimate of drug-likeness (QED) is 0.606. The zero-order chi connectivity index (χ0) is 17.1. The molecule has 1 saturated heterocycles. The van der Waals surface area contributed by atoms with Crippen LogP contribution in [0.1, 0.15) is 47.0 Å². The molecular weight excluding hydrogens is 297 g/mol. The monoisotopic (exact) mass is 323 g/mol. The second-order valence-corrected chi connectivity index (χ2v) is 6.85. The van der Waals surface area contributed by atoms with Gasteiger partial charge in [0.1, 0.15) is 0 Å². The smallest absolute Gasteiger partial charge is 0.450 e. The van der Waals surface area contributed by atoms with E-state index < -0.39 is 6.09 Å². The minimum Gasteiger partial charge on any atom is -0.450 e. The molecule has 2 rings (SSSR count). The van der Waals surface area contributed by atoms with Gasteiger partial charge in [0.25, 0.3) is 0 Å². The molecule has 7 nitrogen and oxygen atoms in total. The molecule has 0 spiro atoms. The highest BCUT2D eigenvalue weighted by Gasteiger charge is 2.52. The Morgan fingerprint density at radius 3 is 2.52 bits per heavy atom. The van der Waals surface area contributed by atoms with Crippen molar-refractivity contribution in [3.8, 4) is 0 Å². The number of unbranched alkanes of at least 4 members (excludes halogenated alkanes) is 2. The SMILES string of the molecule is CC1(C)OB(c2cnn(CCCCCOC(N)=O)c2)OC1(C)C. The van der Waals surface area contributed by atoms with Gasteiger partial charge in [-0.15, -0.1) is 0 Å². The number of carbonyl (C=O) groups excluding carboxylic acids is 1. The third-order valence-electron chi connectivity index (χ3n) is 4.45. The van der Waals surface area contributed by atoms with Crippen molar-refractivity contribution < 1.29 is 18.8 Å². The van der Waals surface area contributed by atoms with Crippen LogP contribution in [0.3, 0.4) is 0 Å². The predicted octanol–water partition coefficient (Wildman–Crippen LogP) is 1.45. The number of amides is 1. The number of ether oxygens (including phenoxy) is 1. The Morgan fingerprint density at radius 1 is 1.26 bits per heavy atom. The fraction of sp³-hybridized carbons (Fsp3) is 0.733. The summed E-state index contributed by atoms with van der Waals surface area (Å²) >= 11 is 0. The molecule has 1 amide bonds. The molecule has 1 aliphatic rings. The van der Waals surface area contributed by atoms with Crippen molar-refractivity contribution in [1.82, 2.24) is 9.78 Å². The third kappa shape index (κ3) is 4.48. The molecule has 1 fully saturated rings. The summed E-state index contributed by atoms with van der Waals surface area (Å²) in [5.74, 6) is 0. The highest BCUT2D eigenvalue weighted by Crippen LogP contribution is 2.36. The molecule has 8 heteroatoms. The van der Waals surface area contributed by atoms with Crippen molar-refractivity contribution in [1.29, 1.82) is 0 Å². The normalized spacial score (nSPS) is 19.0. The number of rotatable bonds is 7. The molecule has 0 aromatic carbocycles. The number of nitrogens with two attached hydrogens (primary N) is 1. The lowest BCUT2D eigenvalue weighted by Gasteiger charge is -2.32. The molecule has 1 aromatic rings. The summed E-state index contributed by atoms with van der Waals surface area (Å²) in [5.41, 5.74) is 5.14. The van der Waals surface area contributed by atoms with E-state index in [1.165, 1.54) is 0 Å². The van der Waals surface area contributed by atoms with Crippen LogP contribution in [-0.2, 0) is 20.6 Å². The van der Waals surface area contributed by atoms with Crippen LogP contribution in [0.4, 0.5) is 4.79 Å². The molecule has 2 heterocycles. The van der Waals surface area contributed by atoms with Gasteiger partial charge in [0, 0.05) is 24.4 Å². The van der Waals surface area contributed by atoms with Gasteiger partial charge in [0.2, 0.25) is 0 Å². The van der Waals surface area contributed by atoms with Gasteiger partial charge < -0.3 is 19.8 Å². The largest absolute Gasteiger partial charge is 0.498 e. The molecule has 2 N–H and O–H groups in total. The molecule has 0 unspecified atom stereocenters. The summed E-state index contributed by atoms with van der Waals surface area (Å²) in [6.07, 6.45) is 5.73. The van der Waals surface area contributed by atoms with Gasteiger partial charge in [-0.05, 0) is 47.0 Å². The first-order valence-corrected chi connectivity index (χ1v) is 8.01. The van der Waals surface area contributed by atoms with Gasteiger partial charge in [-0.2, -0.15) is 5.10 Å². The predicted molar refractivity (Wildman–Crippen MR) is 87.3 cm³/mol. The fourth-order valence-electron chi connectivity index (χ4n) is 2.33. The maximum absolute atomic E-state index is 10.4. The molecular formula is C15H26BN3O4. The maximum Gasteiger partial charge on any atom is 0.498 e. The van der Waals surface area contributed by atoms with E-state index in [2.05, 4.69) is 9.84 Å². The second kappa shape index (κ2) is 6.92. The van der Waals surface area contributed by atoms with Gasteiger partial charge in [0.15, 0.2) is 0 Å². The van der Waals surface area contributed by atoms with Crippen molar-refractivity contribution in [3.05, 3.63) is 12.4 Å². The van der Waals surface area contributed by atoms with Crippen LogP contribution in [0.15, 0.2) is 12.4 Å². The highest BCUT2D eigenvalue weighted by atomic mass is 16.7. The number of hydrogen-bond donors (Lipinski definition) is 1. The second-order valence-electron chi connectivity index (χ2n) is 6.85. The van der Waals surface area contributed by atoms with Gasteiger partial charge in [-0.25, -0.2) is 4.79 Å². The van der Waals surface area contributed by atoms with Crippen LogP contribution in [0.25, 0.3) is 0 Å². The lowest BCUT2D eigenvalue weighted by atomic mass is 9.82. The van der Waals surface area contributed by atoms with Crippen LogP contribution >= 0.6 is 0 Å². The average Bonchev–Trinajstić information content (AvgIpc) is 2.97. The van der Waals surface area contributed by atoms with Crippen molar-refractivity contribution >= 4 is 18.7 Å². The van der Waals surface area contributed by atoms with E-state index in [-0.39, 0.29) is 18.3 Å². The maximum atomic E-state index is 10.4. The summed E-state index contributed by atoms with van der Waals surface area (Å²) in [6.45, 7) is 9.30. The number of aromatic nitrogens is 2. The Balaban J connectivity index is 1.77. The standard InChI is InChI=1S/C15H26BN3O4/c1-14(2)15(3,4)23-16(22-14)12-10-18-19(11-12)8-6-5-7-9-21-13(17)20/h10-11H,5-9H2,1-4H3,(H2,17,20). The molecule has 0 bridgehead atoms. The summed E-state index contributed by atoms with van der Waals surface area (Å²) in [4.78, 5) is 10.4. The van der Waals surface area contributed by atoms with E-state index in [1.807, 2.05) is 38.6 Å². The van der Waals surface area contributed by atoms with E-state index >= 15 is 0 Å². The zero-order valence-electron chi connectivity index (χ0n) is 14.4. The molecule has 1 aliphatic heterocycles. The molecule has 128 valence electrons. The Bertz CT molecular complexity index is 529. The molecule has 0 aliphatic carbocycles. The summed E-state index contributed by atoms with van der Waals surface area (Å²) < 4.78 is 18.6. The minimum absolute atomic E-state index is 0.347. The Hall–Kier alpha value is -1.54.